The molecule has 0 spiro atoms. The molecule has 1 aromatic carbocycles. The number of hydrogen-bond donors (Lipinski definition) is 2. The molecule has 21 heavy (non-hydrogen) atoms. The Morgan fingerprint density at radius 2 is 1.76 bits per heavy atom. The largest absolute Gasteiger partial charge is 0.397 e. The molecule has 0 bridgehead atoms. The number of carbonyl (C=O) groups is 1. The Hall–Kier alpha value is -1.91. The van der Waals surface area contributed by atoms with Crippen molar-refractivity contribution in [3.05, 3.63) is 24.3 Å². The van der Waals surface area contributed by atoms with E-state index in [4.69, 9.17) is 5.73 Å². The van der Waals surface area contributed by atoms with Gasteiger partial charge in [-0.1, -0.05) is 25.0 Å². The van der Waals surface area contributed by atoms with Crippen molar-refractivity contribution in [1.29, 1.82) is 0 Å². The van der Waals surface area contributed by atoms with Gasteiger partial charge >= 0.3 is 6.03 Å². The van der Waals surface area contributed by atoms with Gasteiger partial charge in [-0.2, -0.15) is 0 Å². The van der Waals surface area contributed by atoms with Crippen molar-refractivity contribution >= 4 is 17.4 Å². The van der Waals surface area contributed by atoms with Gasteiger partial charge in [-0.15, -0.1) is 0 Å². The number of nitrogens with one attached hydrogen (secondary N) is 1. The van der Waals surface area contributed by atoms with Gasteiger partial charge in [0.25, 0.3) is 0 Å². The molecule has 2 aliphatic rings. The third kappa shape index (κ3) is 3.23. The summed E-state index contributed by atoms with van der Waals surface area (Å²) in [6.07, 6.45) is 4.75. The molecule has 1 saturated heterocycles. The van der Waals surface area contributed by atoms with Crippen molar-refractivity contribution in [3.8, 4) is 0 Å². The number of rotatable bonds is 2. The second kappa shape index (κ2) is 6.24. The fraction of sp³-hybridized carbons (Fsp3) is 0.562. The zero-order chi connectivity index (χ0) is 14.7. The molecule has 0 radical (unpaired) electrons. The standard InChI is InChI=1S/C16H24N4O/c17-14-7-3-4-8-15(14)19-9-11-20(12-10-19)16(21)18-13-5-1-2-6-13/h3-4,7-8,13H,1-2,5-6,9-12,17H2,(H,18,21). The Labute approximate surface area is 126 Å². The van der Waals surface area contributed by atoms with Gasteiger partial charge in [0, 0.05) is 32.2 Å². The van der Waals surface area contributed by atoms with E-state index in [1.807, 2.05) is 29.2 Å². The molecule has 1 aliphatic heterocycles. The van der Waals surface area contributed by atoms with Crippen molar-refractivity contribution in [2.24, 2.45) is 0 Å². The second-order valence-electron chi connectivity index (χ2n) is 5.96. The summed E-state index contributed by atoms with van der Waals surface area (Å²) in [7, 11) is 0. The summed E-state index contributed by atoms with van der Waals surface area (Å²) in [5.41, 5.74) is 7.90. The highest BCUT2D eigenvalue weighted by atomic mass is 16.2. The van der Waals surface area contributed by atoms with E-state index < -0.39 is 0 Å². The highest BCUT2D eigenvalue weighted by molar-refractivity contribution is 5.75. The lowest BCUT2D eigenvalue weighted by Crippen LogP contribution is -2.53. The normalized spacial score (nSPS) is 19.8. The van der Waals surface area contributed by atoms with Gasteiger partial charge in [0.15, 0.2) is 0 Å². The number of piperazine rings is 1. The molecule has 3 N–H and O–H groups in total. The molecule has 1 aromatic rings. The van der Waals surface area contributed by atoms with Crippen LogP contribution in [0.3, 0.4) is 0 Å². The zero-order valence-corrected chi connectivity index (χ0v) is 12.4. The van der Waals surface area contributed by atoms with Crippen LogP contribution in [-0.2, 0) is 0 Å². The van der Waals surface area contributed by atoms with E-state index in [1.54, 1.807) is 0 Å². The van der Waals surface area contributed by atoms with E-state index >= 15 is 0 Å². The third-order valence-electron chi connectivity index (χ3n) is 4.53. The molecule has 1 heterocycles. The number of carbonyl (C=O) groups excluding carboxylic acids is 1. The van der Waals surface area contributed by atoms with Gasteiger partial charge in [-0.25, -0.2) is 4.79 Å². The summed E-state index contributed by atoms with van der Waals surface area (Å²) in [5, 5.41) is 3.16. The molecular weight excluding hydrogens is 264 g/mol. The van der Waals surface area contributed by atoms with Crippen LogP contribution >= 0.6 is 0 Å². The van der Waals surface area contributed by atoms with Crippen LogP contribution in [-0.4, -0.2) is 43.2 Å². The third-order valence-corrected chi connectivity index (χ3v) is 4.53. The molecule has 114 valence electrons. The highest BCUT2D eigenvalue weighted by Gasteiger charge is 2.24. The first kappa shape index (κ1) is 14.0. The van der Waals surface area contributed by atoms with Crippen LogP contribution < -0.4 is 16.0 Å². The fourth-order valence-corrected chi connectivity index (χ4v) is 3.26. The van der Waals surface area contributed by atoms with E-state index in [0.717, 1.165) is 50.4 Å². The molecule has 3 rings (SSSR count). The van der Waals surface area contributed by atoms with Gasteiger partial charge in [-0.05, 0) is 25.0 Å². The molecule has 2 fully saturated rings. The van der Waals surface area contributed by atoms with E-state index in [9.17, 15) is 4.79 Å². The predicted octanol–water partition coefficient (Wildman–Crippen LogP) is 2.04. The number of benzene rings is 1. The first-order chi connectivity index (χ1) is 10.2. The van der Waals surface area contributed by atoms with Crippen LogP contribution in [0.25, 0.3) is 0 Å². The van der Waals surface area contributed by atoms with Crippen LogP contribution in [0.15, 0.2) is 24.3 Å². The van der Waals surface area contributed by atoms with Crippen molar-refractivity contribution in [3.63, 3.8) is 0 Å². The quantitative estimate of drug-likeness (QED) is 0.819. The predicted molar refractivity (Wildman–Crippen MR) is 85.4 cm³/mol. The SMILES string of the molecule is Nc1ccccc1N1CCN(C(=O)NC2CCCC2)CC1. The van der Waals surface area contributed by atoms with Crippen molar-refractivity contribution in [2.45, 2.75) is 31.7 Å². The van der Waals surface area contributed by atoms with Gasteiger partial charge in [-0.3, -0.25) is 0 Å². The Balaban J connectivity index is 1.52. The minimum absolute atomic E-state index is 0.0996. The van der Waals surface area contributed by atoms with Crippen LogP contribution in [0.1, 0.15) is 25.7 Å². The van der Waals surface area contributed by atoms with Crippen molar-refractivity contribution in [1.82, 2.24) is 10.2 Å². The number of urea groups is 1. The van der Waals surface area contributed by atoms with Gasteiger partial charge in [0.2, 0.25) is 0 Å². The molecule has 5 heteroatoms. The highest BCUT2D eigenvalue weighted by Crippen LogP contribution is 2.23. The van der Waals surface area contributed by atoms with Crippen LogP contribution in [0, 0.1) is 0 Å². The number of amides is 2. The summed E-state index contributed by atoms with van der Waals surface area (Å²) in [6.45, 7) is 3.19. The molecule has 0 aromatic heterocycles. The maximum atomic E-state index is 12.2. The Morgan fingerprint density at radius 3 is 2.43 bits per heavy atom. The van der Waals surface area contributed by atoms with Gasteiger partial charge in [0.1, 0.15) is 0 Å². The van der Waals surface area contributed by atoms with Crippen LogP contribution in [0.2, 0.25) is 0 Å². The number of nitrogen functional groups attached to an aromatic ring is 1. The Bertz CT molecular complexity index is 491. The van der Waals surface area contributed by atoms with E-state index in [2.05, 4.69) is 10.2 Å². The molecule has 1 saturated carbocycles. The number of nitrogens with two attached hydrogens (primary N) is 1. The first-order valence-electron chi connectivity index (χ1n) is 7.89. The maximum absolute atomic E-state index is 12.2. The van der Waals surface area contributed by atoms with Crippen LogP contribution in [0.5, 0.6) is 0 Å². The average molecular weight is 288 g/mol. The smallest absolute Gasteiger partial charge is 0.317 e. The lowest BCUT2D eigenvalue weighted by atomic mass is 10.2. The molecule has 5 nitrogen and oxygen atoms in total. The molecule has 0 unspecified atom stereocenters. The topological polar surface area (TPSA) is 61.6 Å². The monoisotopic (exact) mass is 288 g/mol. The minimum Gasteiger partial charge on any atom is -0.397 e. The second-order valence-corrected chi connectivity index (χ2v) is 5.96. The minimum atomic E-state index is 0.0996. The molecule has 2 amide bonds. The van der Waals surface area contributed by atoms with Gasteiger partial charge in [0.05, 0.1) is 11.4 Å². The first-order valence-corrected chi connectivity index (χ1v) is 7.89. The Kier molecular flexibility index (Phi) is 4.18. The summed E-state index contributed by atoms with van der Waals surface area (Å²) < 4.78 is 0. The van der Waals surface area contributed by atoms with Crippen molar-refractivity contribution < 1.29 is 4.79 Å². The number of para-hydroxylation sites is 2. The zero-order valence-electron chi connectivity index (χ0n) is 12.4. The molecule has 0 atom stereocenters. The Morgan fingerprint density at radius 1 is 1.10 bits per heavy atom. The van der Waals surface area contributed by atoms with Gasteiger partial charge < -0.3 is 20.9 Å². The lowest BCUT2D eigenvalue weighted by molar-refractivity contribution is 0.190. The van der Waals surface area contributed by atoms with E-state index in [0.29, 0.717) is 6.04 Å². The summed E-state index contributed by atoms with van der Waals surface area (Å²) in [5.74, 6) is 0. The van der Waals surface area contributed by atoms with Crippen LogP contribution in [0.4, 0.5) is 16.2 Å². The summed E-state index contributed by atoms with van der Waals surface area (Å²) in [6, 6.07) is 8.41. The fourth-order valence-electron chi connectivity index (χ4n) is 3.26. The number of hydrogen-bond acceptors (Lipinski definition) is 3. The average Bonchev–Trinajstić information content (AvgIpc) is 3.01. The maximum Gasteiger partial charge on any atom is 0.317 e. The summed E-state index contributed by atoms with van der Waals surface area (Å²) in [4.78, 5) is 16.4. The number of nitrogens with zero attached hydrogens (tertiary/aromatic N) is 2. The van der Waals surface area contributed by atoms with E-state index in [-0.39, 0.29) is 6.03 Å². The van der Waals surface area contributed by atoms with E-state index in [1.165, 1.54) is 12.8 Å². The number of anilines is 2. The molecule has 1 aliphatic carbocycles. The lowest BCUT2D eigenvalue weighted by Gasteiger charge is -2.37. The summed E-state index contributed by atoms with van der Waals surface area (Å²) >= 11 is 0. The molecular formula is C16H24N4O. The van der Waals surface area contributed by atoms with Crippen molar-refractivity contribution in [2.75, 3.05) is 36.8 Å².